The number of benzene rings is 2. The number of aromatic nitrogens is 2. The highest BCUT2D eigenvalue weighted by Crippen LogP contribution is 2.31. The Labute approximate surface area is 166 Å². The standard InChI is InChI=1S/C19H18ClN5O3/c1-2-28-16-9-7-15(8-10-16)24-19-17(25(26)27)18(22-12-23-19)21-11-13-3-5-14(20)6-4-13/h3-10,12H,2,11H2,1H3,(H2,21,22,23,24). The van der Waals surface area contributed by atoms with Gasteiger partial charge in [0, 0.05) is 17.3 Å². The number of ether oxygens (including phenoxy) is 1. The highest BCUT2D eigenvalue weighted by Gasteiger charge is 2.23. The quantitative estimate of drug-likeness (QED) is 0.414. The molecule has 0 radical (unpaired) electrons. The monoisotopic (exact) mass is 399 g/mol. The van der Waals surface area contributed by atoms with Crippen molar-refractivity contribution in [1.29, 1.82) is 0 Å². The zero-order chi connectivity index (χ0) is 19.9. The predicted octanol–water partition coefficient (Wildman–Crippen LogP) is 4.79. The van der Waals surface area contributed by atoms with Crippen molar-refractivity contribution in [2.45, 2.75) is 13.5 Å². The molecule has 0 aliphatic rings. The highest BCUT2D eigenvalue weighted by atomic mass is 35.5. The van der Waals surface area contributed by atoms with Gasteiger partial charge in [0.15, 0.2) is 0 Å². The van der Waals surface area contributed by atoms with E-state index >= 15 is 0 Å². The minimum atomic E-state index is -0.513. The molecule has 0 bridgehead atoms. The van der Waals surface area contributed by atoms with E-state index < -0.39 is 4.92 Å². The predicted molar refractivity (Wildman–Crippen MR) is 108 cm³/mol. The van der Waals surface area contributed by atoms with Gasteiger partial charge < -0.3 is 15.4 Å². The van der Waals surface area contributed by atoms with E-state index in [9.17, 15) is 10.1 Å². The van der Waals surface area contributed by atoms with Crippen LogP contribution in [0.1, 0.15) is 12.5 Å². The number of nitro groups is 1. The average molecular weight is 400 g/mol. The van der Waals surface area contributed by atoms with Gasteiger partial charge in [0.05, 0.1) is 11.5 Å². The van der Waals surface area contributed by atoms with Gasteiger partial charge in [-0.1, -0.05) is 23.7 Å². The van der Waals surface area contributed by atoms with E-state index in [4.69, 9.17) is 16.3 Å². The van der Waals surface area contributed by atoms with Crippen molar-refractivity contribution in [3.8, 4) is 5.75 Å². The van der Waals surface area contributed by atoms with Crippen molar-refractivity contribution in [2.24, 2.45) is 0 Å². The highest BCUT2D eigenvalue weighted by molar-refractivity contribution is 6.30. The van der Waals surface area contributed by atoms with Gasteiger partial charge in [0.25, 0.3) is 0 Å². The van der Waals surface area contributed by atoms with Gasteiger partial charge in [-0.3, -0.25) is 10.1 Å². The lowest BCUT2D eigenvalue weighted by atomic mass is 10.2. The van der Waals surface area contributed by atoms with Crippen molar-refractivity contribution in [3.05, 3.63) is 75.6 Å². The molecule has 3 aromatic rings. The Balaban J connectivity index is 1.80. The number of rotatable bonds is 8. The van der Waals surface area contributed by atoms with E-state index in [2.05, 4.69) is 20.6 Å². The molecular formula is C19H18ClN5O3. The van der Waals surface area contributed by atoms with Gasteiger partial charge in [0.1, 0.15) is 12.1 Å². The molecule has 0 unspecified atom stereocenters. The molecule has 144 valence electrons. The normalized spacial score (nSPS) is 10.4. The van der Waals surface area contributed by atoms with Crippen LogP contribution in [0.2, 0.25) is 5.02 Å². The molecule has 0 spiro atoms. The van der Waals surface area contributed by atoms with Gasteiger partial charge in [-0.05, 0) is 48.9 Å². The summed E-state index contributed by atoms with van der Waals surface area (Å²) in [6, 6.07) is 14.3. The molecule has 1 aromatic heterocycles. The Kier molecular flexibility index (Phi) is 6.23. The van der Waals surface area contributed by atoms with Gasteiger partial charge in [-0.25, -0.2) is 9.97 Å². The van der Waals surface area contributed by atoms with Gasteiger partial charge >= 0.3 is 5.69 Å². The number of hydrogen-bond acceptors (Lipinski definition) is 7. The summed E-state index contributed by atoms with van der Waals surface area (Å²) in [6.07, 6.45) is 1.27. The van der Waals surface area contributed by atoms with Gasteiger partial charge in [-0.2, -0.15) is 0 Å². The molecule has 2 N–H and O–H groups in total. The van der Waals surface area contributed by atoms with Crippen LogP contribution in [0.3, 0.4) is 0 Å². The van der Waals surface area contributed by atoms with Crippen molar-refractivity contribution >= 4 is 34.6 Å². The number of nitrogens with one attached hydrogen (secondary N) is 2. The summed E-state index contributed by atoms with van der Waals surface area (Å²) in [5.74, 6) is 0.946. The van der Waals surface area contributed by atoms with Crippen LogP contribution < -0.4 is 15.4 Å². The molecule has 2 aromatic carbocycles. The molecule has 0 fully saturated rings. The summed E-state index contributed by atoms with van der Waals surface area (Å²) in [4.78, 5) is 19.2. The minimum Gasteiger partial charge on any atom is -0.494 e. The number of hydrogen-bond donors (Lipinski definition) is 2. The molecule has 9 heteroatoms. The molecular weight excluding hydrogens is 382 g/mol. The Morgan fingerprint density at radius 1 is 1.07 bits per heavy atom. The van der Waals surface area contributed by atoms with E-state index in [-0.39, 0.29) is 17.3 Å². The maximum Gasteiger partial charge on any atom is 0.353 e. The van der Waals surface area contributed by atoms with Crippen molar-refractivity contribution in [3.63, 3.8) is 0 Å². The van der Waals surface area contributed by atoms with E-state index in [1.807, 2.05) is 19.1 Å². The van der Waals surface area contributed by atoms with Crippen LogP contribution in [0.15, 0.2) is 54.9 Å². The van der Waals surface area contributed by atoms with E-state index in [1.165, 1.54) is 6.33 Å². The third-order valence-corrected chi connectivity index (χ3v) is 4.06. The molecule has 28 heavy (non-hydrogen) atoms. The molecule has 0 saturated carbocycles. The summed E-state index contributed by atoms with van der Waals surface area (Å²) < 4.78 is 5.39. The first kappa shape index (κ1) is 19.4. The Morgan fingerprint density at radius 3 is 2.39 bits per heavy atom. The maximum atomic E-state index is 11.6. The fourth-order valence-corrected chi connectivity index (χ4v) is 2.62. The Morgan fingerprint density at radius 2 is 1.75 bits per heavy atom. The van der Waals surface area contributed by atoms with Crippen molar-refractivity contribution in [2.75, 3.05) is 17.2 Å². The average Bonchev–Trinajstić information content (AvgIpc) is 2.69. The van der Waals surface area contributed by atoms with E-state index in [0.29, 0.717) is 23.9 Å². The summed E-state index contributed by atoms with van der Waals surface area (Å²) in [7, 11) is 0. The van der Waals surface area contributed by atoms with Crippen LogP contribution in [-0.4, -0.2) is 21.5 Å². The lowest BCUT2D eigenvalue weighted by Crippen LogP contribution is -2.08. The Bertz CT molecular complexity index is 949. The second-order valence-electron chi connectivity index (χ2n) is 5.74. The van der Waals surface area contributed by atoms with Crippen LogP contribution in [0.25, 0.3) is 0 Å². The first-order valence-electron chi connectivity index (χ1n) is 8.54. The van der Waals surface area contributed by atoms with E-state index in [0.717, 1.165) is 11.3 Å². The second kappa shape index (κ2) is 9.01. The topological polar surface area (TPSA) is 102 Å². The smallest absolute Gasteiger partial charge is 0.353 e. The zero-order valence-corrected chi connectivity index (χ0v) is 15.8. The molecule has 0 aliphatic carbocycles. The molecule has 0 atom stereocenters. The lowest BCUT2D eigenvalue weighted by Gasteiger charge is -2.11. The molecule has 0 saturated heterocycles. The third kappa shape index (κ3) is 4.86. The number of anilines is 3. The lowest BCUT2D eigenvalue weighted by molar-refractivity contribution is -0.383. The van der Waals surface area contributed by atoms with Crippen LogP contribution in [-0.2, 0) is 6.54 Å². The Hall–Kier alpha value is -3.39. The van der Waals surface area contributed by atoms with Crippen LogP contribution in [0.4, 0.5) is 23.0 Å². The largest absolute Gasteiger partial charge is 0.494 e. The third-order valence-electron chi connectivity index (χ3n) is 3.81. The molecule has 0 aliphatic heterocycles. The van der Waals surface area contributed by atoms with Crippen molar-refractivity contribution < 1.29 is 9.66 Å². The minimum absolute atomic E-state index is 0.0998. The first-order valence-corrected chi connectivity index (χ1v) is 8.92. The SMILES string of the molecule is CCOc1ccc(Nc2ncnc(NCc3ccc(Cl)cc3)c2[N+](=O)[O-])cc1. The molecule has 0 amide bonds. The van der Waals surface area contributed by atoms with Crippen LogP contribution in [0.5, 0.6) is 5.75 Å². The van der Waals surface area contributed by atoms with Gasteiger partial charge in [0.2, 0.25) is 11.6 Å². The van der Waals surface area contributed by atoms with Crippen LogP contribution in [0, 0.1) is 10.1 Å². The summed E-state index contributed by atoms with van der Waals surface area (Å²) in [5, 5.41) is 18.2. The first-order chi connectivity index (χ1) is 13.6. The van der Waals surface area contributed by atoms with E-state index in [1.54, 1.807) is 36.4 Å². The molecule has 8 nitrogen and oxygen atoms in total. The second-order valence-corrected chi connectivity index (χ2v) is 6.18. The fourth-order valence-electron chi connectivity index (χ4n) is 2.50. The number of nitrogens with zero attached hydrogens (tertiary/aromatic N) is 3. The molecule has 3 rings (SSSR count). The number of halogens is 1. The zero-order valence-electron chi connectivity index (χ0n) is 15.1. The maximum absolute atomic E-state index is 11.6. The summed E-state index contributed by atoms with van der Waals surface area (Å²) in [5.41, 5.74) is 1.33. The molecule has 1 heterocycles. The van der Waals surface area contributed by atoms with Crippen LogP contribution >= 0.6 is 11.6 Å². The summed E-state index contributed by atoms with van der Waals surface area (Å²) in [6.45, 7) is 2.82. The van der Waals surface area contributed by atoms with Gasteiger partial charge in [-0.15, -0.1) is 0 Å². The summed E-state index contributed by atoms with van der Waals surface area (Å²) >= 11 is 5.87. The van der Waals surface area contributed by atoms with Crippen molar-refractivity contribution in [1.82, 2.24) is 9.97 Å². The fraction of sp³-hybridized carbons (Fsp3) is 0.158.